The molecule has 1 aromatic carbocycles. The summed E-state index contributed by atoms with van der Waals surface area (Å²) in [5.74, 6) is 0. The van der Waals surface area contributed by atoms with Gasteiger partial charge in [-0.25, -0.2) is 0 Å². The Morgan fingerprint density at radius 1 is 1.10 bits per heavy atom. The summed E-state index contributed by atoms with van der Waals surface area (Å²) in [6, 6.07) is 10.7. The van der Waals surface area contributed by atoms with Crippen LogP contribution < -0.4 is 15.9 Å². The molecule has 0 bridgehead atoms. The van der Waals surface area contributed by atoms with Gasteiger partial charge < -0.3 is 10.3 Å². The van der Waals surface area contributed by atoms with Crippen molar-refractivity contribution in [2.45, 2.75) is 6.92 Å². The number of nitrogens with zero attached hydrogens (tertiary/aromatic N) is 1. The number of hydrogen-bond donors (Lipinski definition) is 2. The van der Waals surface area contributed by atoms with E-state index in [2.05, 4.69) is 51.8 Å². The molecule has 4 rings (SSSR count). The molecule has 0 aliphatic carbocycles. The number of aromatic nitrogens is 2. The normalized spacial score (nSPS) is 13.2. The maximum Gasteiger partial charge on any atom is 0.0471 e. The van der Waals surface area contributed by atoms with Crippen LogP contribution in [0.15, 0.2) is 36.5 Å². The monoisotopic (exact) mass is 261 g/mol. The maximum absolute atomic E-state index is 4.37. The van der Waals surface area contributed by atoms with Crippen LogP contribution in [0, 0.1) is 6.92 Å². The standard InChI is InChI=1S/C17H15N3/c1-11-2-3-13(9-19-11)12-4-5-14-15-10-18-7-6-16(15)20-17(14)8-12/h2-6,8-10,18,20H,7H2,1H3. The molecule has 3 heterocycles. The SMILES string of the molecule is Cc1ccc(-c2ccc3c4c([nH]c3c2)=CCNC=4)cn1. The highest BCUT2D eigenvalue weighted by atomic mass is 14.8. The first-order valence-electron chi connectivity index (χ1n) is 6.80. The minimum Gasteiger partial charge on any atom is -0.387 e. The molecular formula is C17H15N3. The van der Waals surface area contributed by atoms with Gasteiger partial charge in [0.25, 0.3) is 0 Å². The quantitative estimate of drug-likeness (QED) is 0.699. The molecule has 0 spiro atoms. The molecule has 3 aromatic rings. The van der Waals surface area contributed by atoms with E-state index in [0.29, 0.717) is 0 Å². The van der Waals surface area contributed by atoms with Crippen molar-refractivity contribution in [3.63, 3.8) is 0 Å². The van der Waals surface area contributed by atoms with Crippen LogP contribution in [0.25, 0.3) is 34.3 Å². The summed E-state index contributed by atoms with van der Waals surface area (Å²) in [5.41, 5.74) is 4.55. The lowest BCUT2D eigenvalue weighted by Crippen LogP contribution is -2.31. The molecule has 1 aliphatic heterocycles. The maximum atomic E-state index is 4.37. The summed E-state index contributed by atoms with van der Waals surface area (Å²) < 4.78 is 0. The van der Waals surface area contributed by atoms with Crippen molar-refractivity contribution in [2.24, 2.45) is 0 Å². The first kappa shape index (κ1) is 11.3. The third-order valence-electron chi connectivity index (χ3n) is 3.78. The summed E-state index contributed by atoms with van der Waals surface area (Å²) in [6.07, 6.45) is 6.20. The van der Waals surface area contributed by atoms with Crippen LogP contribution in [0.3, 0.4) is 0 Å². The fourth-order valence-corrected chi connectivity index (χ4v) is 2.70. The van der Waals surface area contributed by atoms with Crippen molar-refractivity contribution in [3.8, 4) is 11.1 Å². The fourth-order valence-electron chi connectivity index (χ4n) is 2.70. The van der Waals surface area contributed by atoms with Gasteiger partial charge in [0.2, 0.25) is 0 Å². The Balaban J connectivity index is 1.94. The molecule has 20 heavy (non-hydrogen) atoms. The minimum atomic E-state index is 0.883. The van der Waals surface area contributed by atoms with Gasteiger partial charge in [-0.2, -0.15) is 0 Å². The molecule has 2 aromatic heterocycles. The van der Waals surface area contributed by atoms with Crippen molar-refractivity contribution in [1.82, 2.24) is 15.3 Å². The van der Waals surface area contributed by atoms with Gasteiger partial charge in [0.1, 0.15) is 0 Å². The Morgan fingerprint density at radius 2 is 2.00 bits per heavy atom. The van der Waals surface area contributed by atoms with Crippen molar-refractivity contribution in [1.29, 1.82) is 0 Å². The molecule has 0 fully saturated rings. The molecule has 0 unspecified atom stereocenters. The molecule has 1 aliphatic rings. The zero-order valence-corrected chi connectivity index (χ0v) is 11.3. The zero-order chi connectivity index (χ0) is 13.5. The molecule has 3 nitrogen and oxygen atoms in total. The molecule has 0 radical (unpaired) electrons. The third kappa shape index (κ3) is 1.71. The van der Waals surface area contributed by atoms with Crippen molar-refractivity contribution in [3.05, 3.63) is 52.8 Å². The first-order chi connectivity index (χ1) is 9.81. The molecule has 98 valence electrons. The number of fused-ring (bicyclic) bond motifs is 3. The zero-order valence-electron chi connectivity index (χ0n) is 11.3. The topological polar surface area (TPSA) is 40.7 Å². The highest BCUT2D eigenvalue weighted by Crippen LogP contribution is 2.21. The van der Waals surface area contributed by atoms with E-state index >= 15 is 0 Å². The van der Waals surface area contributed by atoms with Crippen molar-refractivity contribution >= 4 is 23.2 Å². The number of H-pyrrole nitrogens is 1. The second kappa shape index (κ2) is 4.23. The van der Waals surface area contributed by atoms with E-state index in [9.17, 15) is 0 Å². The van der Waals surface area contributed by atoms with E-state index < -0.39 is 0 Å². The Kier molecular flexibility index (Phi) is 2.39. The summed E-state index contributed by atoms with van der Waals surface area (Å²) in [4.78, 5) is 7.86. The van der Waals surface area contributed by atoms with Gasteiger partial charge in [-0.1, -0.05) is 18.2 Å². The van der Waals surface area contributed by atoms with Crippen LogP contribution in [0.1, 0.15) is 5.69 Å². The lowest BCUT2D eigenvalue weighted by Gasteiger charge is -2.02. The Hall–Kier alpha value is -2.55. The van der Waals surface area contributed by atoms with Gasteiger partial charge in [-0.15, -0.1) is 0 Å². The minimum absolute atomic E-state index is 0.883. The summed E-state index contributed by atoms with van der Waals surface area (Å²) >= 11 is 0. The number of nitrogens with one attached hydrogen (secondary N) is 2. The average Bonchev–Trinajstić information content (AvgIpc) is 2.85. The lowest BCUT2D eigenvalue weighted by atomic mass is 10.1. The van der Waals surface area contributed by atoms with Crippen LogP contribution in [0.4, 0.5) is 0 Å². The van der Waals surface area contributed by atoms with Crippen molar-refractivity contribution in [2.75, 3.05) is 6.54 Å². The van der Waals surface area contributed by atoms with Crippen LogP contribution >= 0.6 is 0 Å². The highest BCUT2D eigenvalue weighted by Gasteiger charge is 2.05. The summed E-state index contributed by atoms with van der Waals surface area (Å²) in [5, 5.41) is 6.97. The van der Waals surface area contributed by atoms with E-state index in [4.69, 9.17) is 0 Å². The largest absolute Gasteiger partial charge is 0.387 e. The fraction of sp³-hybridized carbons (Fsp3) is 0.118. The second-order valence-electron chi connectivity index (χ2n) is 5.16. The Labute approximate surface area is 116 Å². The molecule has 0 amide bonds. The van der Waals surface area contributed by atoms with E-state index in [1.165, 1.54) is 27.0 Å². The number of hydrogen-bond acceptors (Lipinski definition) is 2. The van der Waals surface area contributed by atoms with Crippen LogP contribution in [-0.2, 0) is 0 Å². The number of benzene rings is 1. The smallest absolute Gasteiger partial charge is 0.0471 e. The average molecular weight is 261 g/mol. The number of aromatic amines is 1. The second-order valence-corrected chi connectivity index (χ2v) is 5.16. The molecule has 3 heteroatoms. The van der Waals surface area contributed by atoms with E-state index in [1.54, 1.807) is 0 Å². The Bertz CT molecular complexity index is 902. The van der Waals surface area contributed by atoms with Crippen LogP contribution in [-0.4, -0.2) is 16.5 Å². The Morgan fingerprint density at radius 3 is 2.85 bits per heavy atom. The lowest BCUT2D eigenvalue weighted by molar-refractivity contribution is 1.05. The molecule has 0 atom stereocenters. The molecule has 0 saturated carbocycles. The molecular weight excluding hydrogens is 246 g/mol. The van der Waals surface area contributed by atoms with Gasteiger partial charge in [0.15, 0.2) is 0 Å². The number of aryl methyl sites for hydroxylation is 1. The third-order valence-corrected chi connectivity index (χ3v) is 3.78. The summed E-state index contributed by atoms with van der Waals surface area (Å²) in [7, 11) is 0. The van der Waals surface area contributed by atoms with Crippen LogP contribution in [0.2, 0.25) is 0 Å². The van der Waals surface area contributed by atoms with E-state index in [-0.39, 0.29) is 0 Å². The number of pyridine rings is 1. The summed E-state index contributed by atoms with van der Waals surface area (Å²) in [6.45, 7) is 2.89. The molecule has 0 saturated heterocycles. The van der Waals surface area contributed by atoms with Gasteiger partial charge in [0, 0.05) is 51.7 Å². The van der Waals surface area contributed by atoms with Gasteiger partial charge in [0.05, 0.1) is 0 Å². The van der Waals surface area contributed by atoms with Gasteiger partial charge in [-0.3, -0.25) is 4.98 Å². The van der Waals surface area contributed by atoms with Gasteiger partial charge >= 0.3 is 0 Å². The van der Waals surface area contributed by atoms with Crippen LogP contribution in [0.5, 0.6) is 0 Å². The molecule has 2 N–H and O–H groups in total. The number of rotatable bonds is 1. The van der Waals surface area contributed by atoms with Gasteiger partial charge in [-0.05, 0) is 30.7 Å². The predicted molar refractivity (Wildman–Crippen MR) is 82.4 cm³/mol. The highest BCUT2D eigenvalue weighted by molar-refractivity contribution is 5.86. The van der Waals surface area contributed by atoms with Crippen molar-refractivity contribution < 1.29 is 0 Å². The van der Waals surface area contributed by atoms with E-state index in [0.717, 1.165) is 17.8 Å². The predicted octanol–water partition coefficient (Wildman–Crippen LogP) is 1.66. The first-order valence-corrected chi connectivity index (χ1v) is 6.80. The van der Waals surface area contributed by atoms with E-state index in [1.807, 2.05) is 19.2 Å².